The Hall–Kier alpha value is -3.75. The van der Waals surface area contributed by atoms with Crippen LogP contribution in [-0.2, 0) is 14.3 Å². The van der Waals surface area contributed by atoms with Crippen LogP contribution in [0.5, 0.6) is 11.5 Å². The van der Waals surface area contributed by atoms with Crippen molar-refractivity contribution < 1.29 is 29.0 Å². The third-order valence-corrected chi connectivity index (χ3v) is 5.15. The average Bonchev–Trinajstić information content (AvgIpc) is 2.77. The zero-order valence-corrected chi connectivity index (χ0v) is 21.3. The Kier molecular flexibility index (Phi) is 9.11. The Balaban J connectivity index is 2.34. The molecule has 0 fully saturated rings. The van der Waals surface area contributed by atoms with Crippen LogP contribution in [0.2, 0.25) is 0 Å². The van der Waals surface area contributed by atoms with Gasteiger partial charge in [0.1, 0.15) is 29.2 Å². The Labute approximate surface area is 206 Å². The zero-order chi connectivity index (χ0) is 26.3. The second kappa shape index (κ2) is 11.6. The number of benzene rings is 2. The smallest absolute Gasteiger partial charge is 0.408 e. The van der Waals surface area contributed by atoms with Crippen LogP contribution < -0.4 is 15.4 Å². The number of amides is 3. The summed E-state index contributed by atoms with van der Waals surface area (Å²) >= 11 is 0. The summed E-state index contributed by atoms with van der Waals surface area (Å²) < 4.78 is 10.5. The summed E-state index contributed by atoms with van der Waals surface area (Å²) in [7, 11) is 3.05. The number of anilines is 1. The summed E-state index contributed by atoms with van der Waals surface area (Å²) in [6, 6.07) is 10.9. The van der Waals surface area contributed by atoms with Gasteiger partial charge in [-0.3, -0.25) is 9.59 Å². The van der Waals surface area contributed by atoms with Crippen molar-refractivity contribution in [3.8, 4) is 11.5 Å². The molecule has 2 aromatic carbocycles. The largest absolute Gasteiger partial charge is 0.508 e. The number of alkyl carbamates (subject to hydrolysis) is 1. The van der Waals surface area contributed by atoms with E-state index in [-0.39, 0.29) is 11.7 Å². The van der Waals surface area contributed by atoms with Crippen LogP contribution in [0, 0.1) is 5.92 Å². The molecule has 0 aliphatic heterocycles. The number of ether oxygens (including phenoxy) is 2. The van der Waals surface area contributed by atoms with Crippen molar-refractivity contribution in [3.63, 3.8) is 0 Å². The first-order chi connectivity index (χ1) is 16.3. The van der Waals surface area contributed by atoms with Gasteiger partial charge in [-0.1, -0.05) is 26.0 Å². The molecule has 9 nitrogen and oxygen atoms in total. The van der Waals surface area contributed by atoms with Gasteiger partial charge in [0.15, 0.2) is 0 Å². The van der Waals surface area contributed by atoms with Crippen LogP contribution in [0.3, 0.4) is 0 Å². The summed E-state index contributed by atoms with van der Waals surface area (Å²) in [5.74, 6) is -0.532. The van der Waals surface area contributed by atoms with Crippen LogP contribution in [0.25, 0.3) is 0 Å². The third kappa shape index (κ3) is 7.91. The maximum absolute atomic E-state index is 13.5. The van der Waals surface area contributed by atoms with E-state index < -0.39 is 35.6 Å². The van der Waals surface area contributed by atoms with E-state index >= 15 is 0 Å². The molecule has 0 saturated carbocycles. The standard InChI is InChI=1S/C26H35N3O6/c1-16(2)21(28-25(33)35-26(3,4)5)24(32)29(6)22(17-8-12-19(30)13-9-17)23(31)27-18-10-14-20(34-7)15-11-18/h8-16,21-22,30H,1-7H3,(H,27,31)(H,28,33). The van der Waals surface area contributed by atoms with Crippen molar-refractivity contribution in [3.05, 3.63) is 54.1 Å². The highest BCUT2D eigenvalue weighted by molar-refractivity contribution is 5.99. The zero-order valence-electron chi connectivity index (χ0n) is 21.3. The number of phenolic OH excluding ortho intramolecular Hbond substituents is 1. The molecule has 3 N–H and O–H groups in total. The molecule has 2 rings (SSSR count). The molecule has 2 unspecified atom stereocenters. The van der Waals surface area contributed by atoms with E-state index in [1.165, 1.54) is 24.1 Å². The highest BCUT2D eigenvalue weighted by Gasteiger charge is 2.35. The van der Waals surface area contributed by atoms with Gasteiger partial charge in [0, 0.05) is 12.7 Å². The summed E-state index contributed by atoms with van der Waals surface area (Å²) in [6.45, 7) is 8.78. The summed E-state index contributed by atoms with van der Waals surface area (Å²) in [4.78, 5) is 40.6. The van der Waals surface area contributed by atoms with Gasteiger partial charge in [0.2, 0.25) is 5.91 Å². The molecule has 0 radical (unpaired) electrons. The molecule has 3 amide bonds. The van der Waals surface area contributed by atoms with Crippen molar-refractivity contribution in [2.45, 2.75) is 52.3 Å². The maximum Gasteiger partial charge on any atom is 0.408 e. The molecule has 0 aliphatic carbocycles. The Morgan fingerprint density at radius 2 is 1.54 bits per heavy atom. The minimum Gasteiger partial charge on any atom is -0.508 e. The van der Waals surface area contributed by atoms with Gasteiger partial charge in [0.25, 0.3) is 5.91 Å². The number of nitrogens with zero attached hydrogens (tertiary/aromatic N) is 1. The molecule has 9 heteroatoms. The Bertz CT molecular complexity index is 1010. The molecular weight excluding hydrogens is 450 g/mol. The van der Waals surface area contributed by atoms with Gasteiger partial charge in [-0.05, 0) is 68.7 Å². The average molecular weight is 486 g/mol. The SMILES string of the molecule is COc1ccc(NC(=O)C(c2ccc(O)cc2)N(C)C(=O)C(NC(=O)OC(C)(C)C)C(C)C)cc1. The number of aromatic hydroxyl groups is 1. The topological polar surface area (TPSA) is 117 Å². The number of methoxy groups -OCH3 is 1. The lowest BCUT2D eigenvalue weighted by atomic mass is 9.99. The molecule has 35 heavy (non-hydrogen) atoms. The molecule has 190 valence electrons. The monoisotopic (exact) mass is 485 g/mol. The minimum absolute atomic E-state index is 0.0312. The van der Waals surface area contributed by atoms with E-state index in [9.17, 15) is 19.5 Å². The number of nitrogens with one attached hydrogen (secondary N) is 2. The number of rotatable bonds is 8. The molecule has 0 saturated heterocycles. The first-order valence-electron chi connectivity index (χ1n) is 11.3. The van der Waals surface area contributed by atoms with E-state index in [1.807, 2.05) is 0 Å². The van der Waals surface area contributed by atoms with E-state index in [0.29, 0.717) is 17.0 Å². The molecular formula is C26H35N3O6. The molecule has 0 bridgehead atoms. The maximum atomic E-state index is 13.5. The second-order valence-corrected chi connectivity index (χ2v) is 9.53. The van der Waals surface area contributed by atoms with Gasteiger partial charge < -0.3 is 30.1 Å². The fourth-order valence-corrected chi connectivity index (χ4v) is 3.39. The number of likely N-dealkylation sites (N-methyl/N-ethyl adjacent to an activating group) is 1. The van der Waals surface area contributed by atoms with Crippen LogP contribution in [-0.4, -0.2) is 53.7 Å². The Morgan fingerprint density at radius 1 is 0.971 bits per heavy atom. The highest BCUT2D eigenvalue weighted by Crippen LogP contribution is 2.26. The van der Waals surface area contributed by atoms with Crippen molar-refractivity contribution in [1.29, 1.82) is 0 Å². The minimum atomic E-state index is -1.04. The molecule has 0 aromatic heterocycles. The van der Waals surface area contributed by atoms with Crippen LogP contribution >= 0.6 is 0 Å². The quantitative estimate of drug-likeness (QED) is 0.519. The lowest BCUT2D eigenvalue weighted by Gasteiger charge is -2.33. The van der Waals surface area contributed by atoms with Gasteiger partial charge in [0.05, 0.1) is 7.11 Å². The first-order valence-corrected chi connectivity index (χ1v) is 11.3. The van der Waals surface area contributed by atoms with Gasteiger partial charge in [-0.25, -0.2) is 4.79 Å². The summed E-state index contributed by atoms with van der Waals surface area (Å²) in [6.07, 6.45) is -0.721. The van der Waals surface area contributed by atoms with E-state index in [0.717, 1.165) is 0 Å². The Morgan fingerprint density at radius 3 is 2.03 bits per heavy atom. The summed E-state index contributed by atoms with van der Waals surface area (Å²) in [5, 5.41) is 15.2. The molecule has 0 heterocycles. The molecule has 0 aliphatic rings. The fraction of sp³-hybridized carbons (Fsp3) is 0.423. The number of phenols is 1. The molecule has 2 atom stereocenters. The normalized spacial score (nSPS) is 12.9. The van der Waals surface area contributed by atoms with Crippen molar-refractivity contribution in [2.24, 2.45) is 5.92 Å². The van der Waals surface area contributed by atoms with Crippen LogP contribution in [0.4, 0.5) is 10.5 Å². The van der Waals surface area contributed by atoms with E-state index in [2.05, 4.69) is 10.6 Å². The molecule has 0 spiro atoms. The van der Waals surface area contributed by atoms with E-state index in [4.69, 9.17) is 9.47 Å². The van der Waals surface area contributed by atoms with Crippen LogP contribution in [0.15, 0.2) is 48.5 Å². The molecule has 2 aromatic rings. The number of carbonyl (C=O) groups is 3. The lowest BCUT2D eigenvalue weighted by molar-refractivity contribution is -0.140. The fourth-order valence-electron chi connectivity index (χ4n) is 3.39. The number of hydrogen-bond acceptors (Lipinski definition) is 6. The van der Waals surface area contributed by atoms with Gasteiger partial charge >= 0.3 is 6.09 Å². The van der Waals surface area contributed by atoms with Crippen molar-refractivity contribution in [1.82, 2.24) is 10.2 Å². The lowest BCUT2D eigenvalue weighted by Crippen LogP contribution is -2.53. The van der Waals surface area contributed by atoms with Gasteiger partial charge in [-0.15, -0.1) is 0 Å². The van der Waals surface area contributed by atoms with Gasteiger partial charge in [-0.2, -0.15) is 0 Å². The number of hydrogen-bond donors (Lipinski definition) is 3. The van der Waals surface area contributed by atoms with Crippen molar-refractivity contribution >= 4 is 23.6 Å². The predicted octanol–water partition coefficient (Wildman–Crippen LogP) is 4.09. The van der Waals surface area contributed by atoms with E-state index in [1.54, 1.807) is 78.1 Å². The second-order valence-electron chi connectivity index (χ2n) is 9.53. The third-order valence-electron chi connectivity index (χ3n) is 5.15. The highest BCUT2D eigenvalue weighted by atomic mass is 16.6. The predicted molar refractivity (Wildman–Crippen MR) is 133 cm³/mol. The van der Waals surface area contributed by atoms with Crippen LogP contribution in [0.1, 0.15) is 46.2 Å². The summed E-state index contributed by atoms with van der Waals surface area (Å²) in [5.41, 5.74) is 0.282. The van der Waals surface area contributed by atoms with Crippen molar-refractivity contribution in [2.75, 3.05) is 19.5 Å². The number of carbonyl (C=O) groups excluding carboxylic acids is 3. The first kappa shape index (κ1) is 27.5.